The minimum Gasteiger partial charge on any atom is -0.326 e. The average Bonchev–Trinajstić information content (AvgIpc) is 2.03. The summed E-state index contributed by atoms with van der Waals surface area (Å²) in [5, 5.41) is 0. The molecule has 0 saturated carbocycles. The minimum absolute atomic E-state index is 0.164. The Kier molecular flexibility index (Phi) is 3.00. The summed E-state index contributed by atoms with van der Waals surface area (Å²) in [5.41, 5.74) is 7.46. The SMILES string of the molecule is CC(=O)Cc1c[c]cc(CN)c1. The van der Waals surface area contributed by atoms with Crippen molar-refractivity contribution in [2.24, 2.45) is 5.73 Å². The third-order valence-electron chi connectivity index (χ3n) is 1.60. The lowest BCUT2D eigenvalue weighted by Gasteiger charge is -1.99. The van der Waals surface area contributed by atoms with E-state index in [0.717, 1.165) is 11.1 Å². The molecule has 0 heterocycles. The van der Waals surface area contributed by atoms with E-state index in [1.807, 2.05) is 18.2 Å². The fourth-order valence-electron chi connectivity index (χ4n) is 1.08. The summed E-state index contributed by atoms with van der Waals surface area (Å²) in [6, 6.07) is 8.55. The maximum atomic E-state index is 10.8. The number of ketones is 1. The molecule has 63 valence electrons. The lowest BCUT2D eigenvalue weighted by atomic mass is 10.1. The Morgan fingerprint density at radius 1 is 1.50 bits per heavy atom. The van der Waals surface area contributed by atoms with Gasteiger partial charge < -0.3 is 5.73 Å². The van der Waals surface area contributed by atoms with Crippen molar-refractivity contribution in [1.29, 1.82) is 0 Å². The van der Waals surface area contributed by atoms with Gasteiger partial charge in [-0.25, -0.2) is 0 Å². The van der Waals surface area contributed by atoms with Gasteiger partial charge in [-0.3, -0.25) is 4.79 Å². The average molecular weight is 162 g/mol. The molecule has 1 aromatic rings. The molecule has 0 unspecified atom stereocenters. The molecule has 12 heavy (non-hydrogen) atoms. The number of hydrogen-bond donors (Lipinski definition) is 1. The Hall–Kier alpha value is -1.15. The van der Waals surface area contributed by atoms with Crippen LogP contribution in [0.3, 0.4) is 0 Å². The monoisotopic (exact) mass is 162 g/mol. The van der Waals surface area contributed by atoms with Gasteiger partial charge in [0, 0.05) is 13.0 Å². The van der Waals surface area contributed by atoms with Crippen LogP contribution in [0.25, 0.3) is 0 Å². The Morgan fingerprint density at radius 2 is 2.17 bits per heavy atom. The van der Waals surface area contributed by atoms with Crippen molar-refractivity contribution >= 4 is 5.78 Å². The van der Waals surface area contributed by atoms with Gasteiger partial charge in [-0.05, 0) is 30.2 Å². The summed E-state index contributed by atoms with van der Waals surface area (Å²) in [5.74, 6) is 0.164. The highest BCUT2D eigenvalue weighted by atomic mass is 16.1. The van der Waals surface area contributed by atoms with Crippen molar-refractivity contribution in [2.45, 2.75) is 19.9 Å². The van der Waals surface area contributed by atoms with Crippen LogP contribution in [0.4, 0.5) is 0 Å². The summed E-state index contributed by atoms with van der Waals surface area (Å²) in [4.78, 5) is 10.8. The van der Waals surface area contributed by atoms with E-state index in [9.17, 15) is 4.79 Å². The number of hydrogen-bond acceptors (Lipinski definition) is 2. The van der Waals surface area contributed by atoms with E-state index >= 15 is 0 Å². The van der Waals surface area contributed by atoms with E-state index in [2.05, 4.69) is 6.07 Å². The van der Waals surface area contributed by atoms with Crippen LogP contribution >= 0.6 is 0 Å². The quantitative estimate of drug-likeness (QED) is 0.722. The lowest BCUT2D eigenvalue weighted by molar-refractivity contribution is -0.116. The van der Waals surface area contributed by atoms with Gasteiger partial charge in [0.1, 0.15) is 5.78 Å². The van der Waals surface area contributed by atoms with Crippen molar-refractivity contribution in [3.63, 3.8) is 0 Å². The molecule has 0 amide bonds. The van der Waals surface area contributed by atoms with Gasteiger partial charge in [0.25, 0.3) is 0 Å². The Morgan fingerprint density at radius 3 is 2.75 bits per heavy atom. The van der Waals surface area contributed by atoms with Gasteiger partial charge in [-0.2, -0.15) is 0 Å². The smallest absolute Gasteiger partial charge is 0.134 e. The molecule has 1 radical (unpaired) electrons. The fraction of sp³-hybridized carbons (Fsp3) is 0.300. The molecule has 2 heteroatoms. The molecule has 0 atom stereocenters. The zero-order valence-electron chi connectivity index (χ0n) is 7.13. The highest BCUT2D eigenvalue weighted by Gasteiger charge is 1.97. The lowest BCUT2D eigenvalue weighted by Crippen LogP contribution is -2.00. The molecule has 1 rings (SSSR count). The van der Waals surface area contributed by atoms with E-state index < -0.39 is 0 Å². The maximum absolute atomic E-state index is 10.8. The molecule has 0 bridgehead atoms. The van der Waals surface area contributed by atoms with E-state index in [-0.39, 0.29) is 5.78 Å². The topological polar surface area (TPSA) is 43.1 Å². The first-order valence-corrected chi connectivity index (χ1v) is 3.91. The summed E-state index contributed by atoms with van der Waals surface area (Å²) in [7, 11) is 0. The van der Waals surface area contributed by atoms with Gasteiger partial charge in [-0.1, -0.05) is 12.1 Å². The van der Waals surface area contributed by atoms with Gasteiger partial charge in [0.2, 0.25) is 0 Å². The first kappa shape index (κ1) is 8.94. The van der Waals surface area contributed by atoms with Crippen molar-refractivity contribution in [3.05, 3.63) is 35.4 Å². The van der Waals surface area contributed by atoms with Crippen LogP contribution in [0, 0.1) is 6.07 Å². The highest BCUT2D eigenvalue weighted by Crippen LogP contribution is 2.04. The van der Waals surface area contributed by atoms with Crippen LogP contribution in [-0.2, 0) is 17.8 Å². The van der Waals surface area contributed by atoms with Gasteiger partial charge in [0.05, 0.1) is 0 Å². The number of benzene rings is 1. The summed E-state index contributed by atoms with van der Waals surface area (Å²) in [6.07, 6.45) is 0.477. The molecule has 0 aliphatic carbocycles. The number of rotatable bonds is 3. The van der Waals surface area contributed by atoms with Gasteiger partial charge in [0.15, 0.2) is 0 Å². The molecule has 2 nitrogen and oxygen atoms in total. The van der Waals surface area contributed by atoms with Gasteiger partial charge in [-0.15, -0.1) is 0 Å². The molecular weight excluding hydrogens is 150 g/mol. The van der Waals surface area contributed by atoms with Crippen molar-refractivity contribution in [3.8, 4) is 0 Å². The number of Topliss-reactive ketones (excluding diaryl/α,β-unsaturated/α-hetero) is 1. The Bertz CT molecular complexity index is 281. The Balaban J connectivity index is 2.79. The largest absolute Gasteiger partial charge is 0.326 e. The number of nitrogens with two attached hydrogens (primary N) is 1. The fourth-order valence-corrected chi connectivity index (χ4v) is 1.08. The maximum Gasteiger partial charge on any atom is 0.134 e. The molecule has 0 aromatic heterocycles. The van der Waals surface area contributed by atoms with Crippen LogP contribution in [0.15, 0.2) is 18.2 Å². The van der Waals surface area contributed by atoms with E-state index in [0.29, 0.717) is 13.0 Å². The number of carbonyl (C=O) groups is 1. The van der Waals surface area contributed by atoms with E-state index in [1.54, 1.807) is 6.92 Å². The second-order valence-electron chi connectivity index (χ2n) is 2.83. The van der Waals surface area contributed by atoms with E-state index in [1.165, 1.54) is 0 Å². The van der Waals surface area contributed by atoms with Crippen molar-refractivity contribution in [2.75, 3.05) is 0 Å². The predicted octanol–water partition coefficient (Wildman–Crippen LogP) is 1.08. The highest BCUT2D eigenvalue weighted by molar-refractivity contribution is 5.78. The summed E-state index contributed by atoms with van der Waals surface area (Å²) in [6.45, 7) is 2.08. The second-order valence-corrected chi connectivity index (χ2v) is 2.83. The molecule has 0 fully saturated rings. The molecular formula is C10H12NO. The Labute approximate surface area is 72.4 Å². The van der Waals surface area contributed by atoms with Gasteiger partial charge >= 0.3 is 0 Å². The van der Waals surface area contributed by atoms with E-state index in [4.69, 9.17) is 5.73 Å². The van der Waals surface area contributed by atoms with Crippen LogP contribution in [0.2, 0.25) is 0 Å². The summed E-state index contributed by atoms with van der Waals surface area (Å²) >= 11 is 0. The molecule has 2 N–H and O–H groups in total. The minimum atomic E-state index is 0.164. The molecule has 0 aliphatic heterocycles. The summed E-state index contributed by atoms with van der Waals surface area (Å²) < 4.78 is 0. The predicted molar refractivity (Wildman–Crippen MR) is 47.6 cm³/mol. The van der Waals surface area contributed by atoms with Crippen LogP contribution < -0.4 is 5.73 Å². The van der Waals surface area contributed by atoms with Crippen LogP contribution in [-0.4, -0.2) is 5.78 Å². The zero-order chi connectivity index (χ0) is 8.97. The van der Waals surface area contributed by atoms with Crippen LogP contribution in [0.1, 0.15) is 18.1 Å². The van der Waals surface area contributed by atoms with Crippen molar-refractivity contribution in [1.82, 2.24) is 0 Å². The first-order valence-electron chi connectivity index (χ1n) is 3.91. The van der Waals surface area contributed by atoms with Crippen LogP contribution in [0.5, 0.6) is 0 Å². The normalized spacial score (nSPS) is 9.83. The van der Waals surface area contributed by atoms with Crippen molar-refractivity contribution < 1.29 is 4.79 Å². The number of carbonyl (C=O) groups excluding carboxylic acids is 1. The molecule has 0 spiro atoms. The molecule has 0 saturated heterocycles. The standard InChI is InChI=1S/C10H12NO/c1-8(12)5-9-3-2-4-10(6-9)7-11/h3-4,6H,5,7,11H2,1H3. The zero-order valence-corrected chi connectivity index (χ0v) is 7.13. The third-order valence-corrected chi connectivity index (χ3v) is 1.60. The second kappa shape index (κ2) is 4.02. The molecule has 0 aliphatic rings. The first-order chi connectivity index (χ1) is 5.72. The third kappa shape index (κ3) is 2.47. The molecule has 1 aromatic carbocycles.